The van der Waals surface area contributed by atoms with Gasteiger partial charge in [0, 0.05) is 44.8 Å². The third-order valence-electron chi connectivity index (χ3n) is 5.35. The van der Waals surface area contributed by atoms with Crippen LogP contribution in [0, 0.1) is 5.92 Å². The molecule has 2 aromatic rings. The van der Waals surface area contributed by atoms with E-state index < -0.39 is 38.6 Å². The Morgan fingerprint density at radius 3 is 3.00 bits per heavy atom. The van der Waals surface area contributed by atoms with Gasteiger partial charge in [-0.2, -0.15) is 0 Å². The average Bonchev–Trinajstić information content (AvgIpc) is 2.96. The van der Waals surface area contributed by atoms with E-state index in [-0.39, 0.29) is 6.04 Å². The molecule has 2 atom stereocenters. The van der Waals surface area contributed by atoms with Crippen molar-refractivity contribution in [2.75, 3.05) is 26.7 Å². The second kappa shape index (κ2) is 6.29. The smallest absolute Gasteiger partial charge is 0.230 e. The Hall–Kier alpha value is -1.59. The average molecular weight is 408 g/mol. The van der Waals surface area contributed by atoms with Crippen molar-refractivity contribution >= 4 is 38.3 Å². The molecular formula is C20H24BrN3O. The van der Waals surface area contributed by atoms with E-state index in [4.69, 9.17) is 8.22 Å². The molecule has 25 heavy (non-hydrogen) atoms. The summed E-state index contributed by atoms with van der Waals surface area (Å²) in [6.45, 7) is -5.62. The predicted octanol–water partition coefficient (Wildman–Crippen LogP) is 3.67. The minimum atomic E-state index is -2.43. The van der Waals surface area contributed by atoms with Crippen LogP contribution in [-0.2, 0) is 11.2 Å². The molecule has 4 rings (SSSR count). The number of carbonyl (C=O) groups excluding carboxylic acids is 1. The summed E-state index contributed by atoms with van der Waals surface area (Å²) < 4.78 is 46.2. The molecule has 5 heteroatoms. The quantitative estimate of drug-likeness (QED) is 0.842. The first kappa shape index (κ1) is 11.2. The number of halogens is 1. The number of aromatic nitrogens is 1. The zero-order valence-corrected chi connectivity index (χ0v) is 15.6. The van der Waals surface area contributed by atoms with Gasteiger partial charge in [0.25, 0.3) is 0 Å². The van der Waals surface area contributed by atoms with Crippen LogP contribution in [0.25, 0.3) is 16.5 Å². The fraction of sp³-hybridized carbons (Fsp3) is 0.450. The normalized spacial score (nSPS) is 27.2. The number of amides is 1. The first-order valence-corrected chi connectivity index (χ1v) is 9.13. The van der Waals surface area contributed by atoms with E-state index in [9.17, 15) is 4.79 Å². The van der Waals surface area contributed by atoms with E-state index in [2.05, 4.69) is 25.8 Å². The van der Waals surface area contributed by atoms with Gasteiger partial charge >= 0.3 is 0 Å². The van der Waals surface area contributed by atoms with E-state index in [1.165, 1.54) is 5.56 Å². The summed E-state index contributed by atoms with van der Waals surface area (Å²) in [5.74, 6) is -1.07. The Morgan fingerprint density at radius 1 is 1.44 bits per heavy atom. The van der Waals surface area contributed by atoms with Crippen molar-refractivity contribution in [3.63, 3.8) is 0 Å². The number of nitrogens with zero attached hydrogens (tertiary/aromatic N) is 2. The minimum absolute atomic E-state index is 0.0907. The second-order valence-electron chi connectivity index (χ2n) is 6.73. The van der Waals surface area contributed by atoms with E-state index in [0.29, 0.717) is 6.54 Å². The second-order valence-corrected chi connectivity index (χ2v) is 7.52. The number of H-pyrrole nitrogens is 1. The van der Waals surface area contributed by atoms with Crippen LogP contribution < -0.4 is 0 Å². The summed E-state index contributed by atoms with van der Waals surface area (Å²) in [4.78, 5) is 19.7. The lowest BCUT2D eigenvalue weighted by atomic mass is 9.79. The van der Waals surface area contributed by atoms with Crippen molar-refractivity contribution in [1.29, 1.82) is 0 Å². The molecule has 1 aromatic carbocycles. The van der Waals surface area contributed by atoms with E-state index in [1.54, 1.807) is 0 Å². The van der Waals surface area contributed by atoms with Gasteiger partial charge in [0.15, 0.2) is 0 Å². The van der Waals surface area contributed by atoms with Crippen LogP contribution in [0.4, 0.5) is 0 Å². The zero-order valence-electron chi connectivity index (χ0n) is 20.0. The number of nitrogens with one attached hydrogen (secondary N) is 1. The van der Waals surface area contributed by atoms with Gasteiger partial charge in [0.05, 0.1) is 10.5 Å². The molecule has 132 valence electrons. The molecule has 1 aliphatic carbocycles. The molecule has 0 fully saturated rings. The SMILES string of the molecule is [2H]C([2H])([2H])CN(CC([2H])([2H])[2H])C(=O)[C@@H]1C=C2c3cccc4[nH]c(Br)c(c34)C[C@H]2N(C)C1. The lowest BCUT2D eigenvalue weighted by Crippen LogP contribution is -2.47. The van der Waals surface area contributed by atoms with Gasteiger partial charge in [0.2, 0.25) is 5.91 Å². The summed E-state index contributed by atoms with van der Waals surface area (Å²) in [5.41, 5.74) is 4.30. The van der Waals surface area contributed by atoms with Gasteiger partial charge in [-0.1, -0.05) is 18.2 Å². The predicted molar refractivity (Wildman–Crippen MR) is 106 cm³/mol. The van der Waals surface area contributed by atoms with Gasteiger partial charge in [0.1, 0.15) is 0 Å². The number of carbonyl (C=O) groups is 1. The summed E-state index contributed by atoms with van der Waals surface area (Å²) in [6, 6.07) is 6.10. The van der Waals surface area contributed by atoms with Crippen molar-refractivity contribution in [3.05, 3.63) is 40.0 Å². The summed E-state index contributed by atoms with van der Waals surface area (Å²) >= 11 is 3.62. The Balaban J connectivity index is 1.73. The number of fused-ring (bicyclic) bond motifs is 2. The van der Waals surface area contributed by atoms with Crippen LogP contribution in [0.3, 0.4) is 0 Å². The van der Waals surface area contributed by atoms with Crippen LogP contribution in [0.5, 0.6) is 0 Å². The highest BCUT2D eigenvalue weighted by Crippen LogP contribution is 2.43. The van der Waals surface area contributed by atoms with Crippen LogP contribution in [0.2, 0.25) is 0 Å². The Bertz CT molecular complexity index is 1040. The topological polar surface area (TPSA) is 39.3 Å². The Morgan fingerprint density at radius 2 is 2.24 bits per heavy atom. The van der Waals surface area contributed by atoms with Crippen molar-refractivity contribution in [2.45, 2.75) is 26.2 Å². The third kappa shape index (κ3) is 2.56. The maximum Gasteiger partial charge on any atom is 0.230 e. The maximum atomic E-state index is 13.3. The monoisotopic (exact) mass is 407 g/mol. The van der Waals surface area contributed by atoms with Gasteiger partial charge in [-0.05, 0) is 65.9 Å². The Kier molecular flexibility index (Phi) is 2.82. The number of hydrogen-bond donors (Lipinski definition) is 1. The molecule has 0 saturated heterocycles. The number of rotatable bonds is 3. The lowest BCUT2D eigenvalue weighted by molar-refractivity contribution is -0.134. The number of hydrogen-bond acceptors (Lipinski definition) is 2. The molecule has 1 amide bonds. The number of likely N-dealkylation sites (N-methyl/N-ethyl adjacent to an activating group) is 1. The highest BCUT2D eigenvalue weighted by Gasteiger charge is 2.37. The molecule has 2 heterocycles. The molecule has 0 spiro atoms. The van der Waals surface area contributed by atoms with Crippen LogP contribution >= 0.6 is 15.9 Å². The standard InChI is InChI=1S/C20H24BrN3O/c1-4-24(5-2)20(25)12-9-14-13-7-6-8-16-18(13)15(19(21)22-16)10-17(14)23(3)11-12/h6-9,12,17,22H,4-5,10-11H2,1-3H3/t12-,17-/m1/s1/i1D3,2D3. The zero-order chi connectivity index (χ0) is 22.7. The van der Waals surface area contributed by atoms with Gasteiger partial charge in [-0.15, -0.1) is 0 Å². The first-order valence-electron chi connectivity index (χ1n) is 11.3. The molecular weight excluding hydrogens is 378 g/mol. The summed E-state index contributed by atoms with van der Waals surface area (Å²) in [7, 11) is 1.95. The molecule has 0 saturated carbocycles. The van der Waals surface area contributed by atoms with Crippen LogP contribution in [-0.4, -0.2) is 53.4 Å². The summed E-state index contributed by atoms with van der Waals surface area (Å²) in [5, 5.41) is 1.13. The fourth-order valence-corrected chi connectivity index (χ4v) is 4.67. The first-order chi connectivity index (χ1) is 14.3. The summed E-state index contributed by atoms with van der Waals surface area (Å²) in [6.07, 6.45) is 2.70. The molecule has 0 unspecified atom stereocenters. The molecule has 2 aliphatic rings. The molecule has 0 radical (unpaired) electrons. The molecule has 4 nitrogen and oxygen atoms in total. The lowest BCUT2D eigenvalue weighted by Gasteiger charge is -2.40. The molecule has 0 bridgehead atoms. The van der Waals surface area contributed by atoms with Gasteiger partial charge in [-0.3, -0.25) is 9.69 Å². The largest absolute Gasteiger partial charge is 0.349 e. The number of benzene rings is 1. The van der Waals surface area contributed by atoms with Crippen molar-refractivity contribution < 1.29 is 13.0 Å². The van der Waals surface area contributed by atoms with Crippen LogP contribution in [0.15, 0.2) is 28.9 Å². The highest BCUT2D eigenvalue weighted by atomic mass is 79.9. The van der Waals surface area contributed by atoms with E-state index in [0.717, 1.165) is 38.0 Å². The molecule has 1 aromatic heterocycles. The molecule has 1 N–H and O–H groups in total. The Labute approximate surface area is 165 Å². The minimum Gasteiger partial charge on any atom is -0.349 e. The fourth-order valence-electron chi connectivity index (χ4n) is 4.10. The van der Waals surface area contributed by atoms with Crippen LogP contribution in [0.1, 0.15) is 33.1 Å². The highest BCUT2D eigenvalue weighted by molar-refractivity contribution is 9.10. The maximum absolute atomic E-state index is 13.3. The van der Waals surface area contributed by atoms with Crippen molar-refractivity contribution in [2.24, 2.45) is 5.92 Å². The van der Waals surface area contributed by atoms with E-state index in [1.807, 2.05) is 31.3 Å². The third-order valence-corrected chi connectivity index (χ3v) is 6.03. The number of aromatic amines is 1. The molecule has 1 aliphatic heterocycles. The van der Waals surface area contributed by atoms with E-state index >= 15 is 0 Å². The van der Waals surface area contributed by atoms with Gasteiger partial charge < -0.3 is 9.88 Å². The van der Waals surface area contributed by atoms with Crippen molar-refractivity contribution in [1.82, 2.24) is 14.8 Å². The van der Waals surface area contributed by atoms with Gasteiger partial charge in [-0.25, -0.2) is 0 Å². The van der Waals surface area contributed by atoms with Crippen molar-refractivity contribution in [3.8, 4) is 0 Å².